The molecule has 4 rings (SSSR count). The van der Waals surface area contributed by atoms with Crippen molar-refractivity contribution in [2.75, 3.05) is 18.4 Å². The molecule has 0 bridgehead atoms. The summed E-state index contributed by atoms with van der Waals surface area (Å²) in [7, 11) is 1.44. The van der Waals surface area contributed by atoms with Gasteiger partial charge in [0.25, 0.3) is 11.5 Å². The summed E-state index contributed by atoms with van der Waals surface area (Å²) in [5, 5.41) is 12.6. The molecule has 1 saturated heterocycles. The highest BCUT2D eigenvalue weighted by Crippen LogP contribution is 2.35. The second-order valence-electron chi connectivity index (χ2n) is 9.89. The van der Waals surface area contributed by atoms with Crippen molar-refractivity contribution in [3.8, 4) is 0 Å². The molecule has 3 aromatic heterocycles. The van der Waals surface area contributed by atoms with Gasteiger partial charge in [-0.3, -0.25) is 14.2 Å². The van der Waals surface area contributed by atoms with E-state index >= 15 is 0 Å². The van der Waals surface area contributed by atoms with Crippen LogP contribution in [-0.2, 0) is 13.2 Å². The van der Waals surface area contributed by atoms with Crippen LogP contribution >= 0.6 is 0 Å². The molecule has 4 atom stereocenters. The van der Waals surface area contributed by atoms with Crippen molar-refractivity contribution in [1.29, 1.82) is 0 Å². The van der Waals surface area contributed by atoms with Crippen molar-refractivity contribution in [2.24, 2.45) is 18.9 Å². The lowest BCUT2D eigenvalue weighted by Gasteiger charge is -2.38. The summed E-state index contributed by atoms with van der Waals surface area (Å²) in [4.78, 5) is 38.6. The van der Waals surface area contributed by atoms with E-state index in [-0.39, 0.29) is 45.6 Å². The Morgan fingerprint density at radius 2 is 1.82 bits per heavy atom. The van der Waals surface area contributed by atoms with Crippen LogP contribution in [0.25, 0.3) is 11.0 Å². The van der Waals surface area contributed by atoms with Crippen molar-refractivity contribution in [3.05, 3.63) is 57.1 Å². The molecule has 1 aliphatic heterocycles. The molecule has 1 unspecified atom stereocenters. The number of carbonyl (C=O) groups excluding carboxylic acids is 1. The summed E-state index contributed by atoms with van der Waals surface area (Å²) < 4.78 is 57.8. The maximum absolute atomic E-state index is 15.0. The summed E-state index contributed by atoms with van der Waals surface area (Å²) in [6.07, 6.45) is -4.27. The molecular formula is C25H28F4N6O3. The maximum atomic E-state index is 15.0. The van der Waals surface area contributed by atoms with Crippen LogP contribution < -0.4 is 10.9 Å². The molecule has 1 amide bonds. The number of aromatic nitrogens is 4. The van der Waals surface area contributed by atoms with Crippen LogP contribution in [0.1, 0.15) is 54.3 Å². The van der Waals surface area contributed by atoms with Crippen LogP contribution in [0.15, 0.2) is 23.1 Å². The number of carbonyl (C=O) groups is 1. The minimum Gasteiger partial charge on any atom is -0.392 e. The molecular weight excluding hydrogens is 508 g/mol. The minimum atomic E-state index is -4.87. The van der Waals surface area contributed by atoms with Crippen LogP contribution in [0.4, 0.5) is 23.4 Å². The molecule has 2 N–H and O–H groups in total. The highest BCUT2D eigenvalue weighted by atomic mass is 19.4. The average Bonchev–Trinajstić information content (AvgIpc) is 2.85. The van der Waals surface area contributed by atoms with Gasteiger partial charge in [0.1, 0.15) is 5.82 Å². The van der Waals surface area contributed by atoms with E-state index in [4.69, 9.17) is 0 Å². The SMILES string of the molecule is Cc1nc2nc(C(F)(F)F)c([C@H](C)Nc3ncc(C(=O)N4C[C@@H](C)C(O)[C@@H](C)C4)cc3F)cc2c(=O)n1C. The van der Waals surface area contributed by atoms with E-state index in [9.17, 15) is 32.3 Å². The number of piperidine rings is 1. The molecule has 0 radical (unpaired) electrons. The Bertz CT molecular complexity index is 1450. The molecule has 1 aliphatic rings. The van der Waals surface area contributed by atoms with Crippen molar-refractivity contribution >= 4 is 22.8 Å². The zero-order valence-electron chi connectivity index (χ0n) is 21.5. The van der Waals surface area contributed by atoms with E-state index in [2.05, 4.69) is 20.3 Å². The number of rotatable bonds is 4. The summed E-state index contributed by atoms with van der Waals surface area (Å²) >= 11 is 0. The molecule has 13 heteroatoms. The molecule has 204 valence electrons. The number of aliphatic hydroxyl groups is 1. The number of aliphatic hydroxyl groups excluding tert-OH is 1. The van der Waals surface area contributed by atoms with Crippen LogP contribution in [0.5, 0.6) is 0 Å². The first kappa shape index (κ1) is 27.4. The van der Waals surface area contributed by atoms with Gasteiger partial charge in [0, 0.05) is 31.9 Å². The summed E-state index contributed by atoms with van der Waals surface area (Å²) in [6, 6.07) is 0.861. The Labute approximate surface area is 215 Å². The summed E-state index contributed by atoms with van der Waals surface area (Å²) in [6.45, 7) is 7.06. The van der Waals surface area contributed by atoms with Crippen LogP contribution in [0.3, 0.4) is 0 Å². The fourth-order valence-corrected chi connectivity index (χ4v) is 4.71. The molecule has 0 saturated carbocycles. The highest BCUT2D eigenvalue weighted by molar-refractivity contribution is 5.94. The number of pyridine rings is 2. The van der Waals surface area contributed by atoms with E-state index < -0.39 is 41.3 Å². The molecule has 0 aromatic carbocycles. The number of nitrogens with one attached hydrogen (secondary N) is 1. The lowest BCUT2D eigenvalue weighted by molar-refractivity contribution is -0.141. The molecule has 9 nitrogen and oxygen atoms in total. The predicted molar refractivity (Wildman–Crippen MR) is 131 cm³/mol. The maximum Gasteiger partial charge on any atom is 0.433 e. The van der Waals surface area contributed by atoms with Crippen molar-refractivity contribution in [3.63, 3.8) is 0 Å². The first-order valence-corrected chi connectivity index (χ1v) is 12.0. The van der Waals surface area contributed by atoms with Crippen molar-refractivity contribution in [1.82, 2.24) is 24.4 Å². The first-order chi connectivity index (χ1) is 17.7. The molecule has 4 heterocycles. The monoisotopic (exact) mass is 536 g/mol. The average molecular weight is 537 g/mol. The number of alkyl halides is 3. The smallest absolute Gasteiger partial charge is 0.392 e. The topological polar surface area (TPSA) is 113 Å². The van der Waals surface area contributed by atoms with Gasteiger partial charge in [0.05, 0.1) is 23.1 Å². The van der Waals surface area contributed by atoms with Gasteiger partial charge < -0.3 is 15.3 Å². The fraction of sp³-hybridized carbons (Fsp3) is 0.480. The Morgan fingerprint density at radius 1 is 1.18 bits per heavy atom. The Balaban J connectivity index is 1.64. The third-order valence-electron chi connectivity index (χ3n) is 6.97. The van der Waals surface area contributed by atoms with Crippen molar-refractivity contribution in [2.45, 2.75) is 46.0 Å². The Hall–Kier alpha value is -3.61. The third kappa shape index (κ3) is 5.06. The van der Waals surface area contributed by atoms with Gasteiger partial charge in [-0.25, -0.2) is 19.3 Å². The number of hydrogen-bond donors (Lipinski definition) is 2. The van der Waals surface area contributed by atoms with Crippen LogP contribution in [-0.4, -0.2) is 54.6 Å². The fourth-order valence-electron chi connectivity index (χ4n) is 4.71. The first-order valence-electron chi connectivity index (χ1n) is 12.0. The van der Waals surface area contributed by atoms with E-state index in [0.717, 1.165) is 18.3 Å². The third-order valence-corrected chi connectivity index (χ3v) is 6.97. The van der Waals surface area contributed by atoms with Gasteiger partial charge in [-0.05, 0) is 37.8 Å². The molecule has 3 aromatic rings. The summed E-state index contributed by atoms with van der Waals surface area (Å²) in [5.41, 5.74) is -2.57. The normalized spacial score (nSPS) is 21.0. The van der Waals surface area contributed by atoms with Crippen LogP contribution in [0, 0.1) is 24.6 Å². The van der Waals surface area contributed by atoms with Gasteiger partial charge in [-0.15, -0.1) is 0 Å². The number of likely N-dealkylation sites (tertiary alicyclic amines) is 1. The van der Waals surface area contributed by atoms with Crippen LogP contribution in [0.2, 0.25) is 0 Å². The van der Waals surface area contributed by atoms with Gasteiger partial charge in [0.15, 0.2) is 23.0 Å². The number of amides is 1. The zero-order chi connectivity index (χ0) is 28.1. The standard InChI is InChI=1S/C25H28F4N6O3/c1-11-9-35(10-12(2)19(11)36)23(37)15-6-18(26)22(30-8-15)31-13(3)16-7-17-21(33-20(16)25(27,28)29)32-14(4)34(5)24(17)38/h6-8,11-13,19,36H,9-10H2,1-5H3,(H,30,31)/t11-,12+,13-,19?/m0/s1. The van der Waals surface area contributed by atoms with E-state index in [0.29, 0.717) is 13.1 Å². The molecule has 38 heavy (non-hydrogen) atoms. The van der Waals surface area contributed by atoms with E-state index in [1.54, 1.807) is 0 Å². The number of aryl methyl sites for hydroxylation is 1. The lowest BCUT2D eigenvalue weighted by atomic mass is 9.88. The minimum absolute atomic E-state index is 0.0233. The Morgan fingerprint density at radius 3 is 2.39 bits per heavy atom. The predicted octanol–water partition coefficient (Wildman–Crippen LogP) is 3.45. The number of nitrogens with zero attached hydrogens (tertiary/aromatic N) is 5. The second-order valence-corrected chi connectivity index (χ2v) is 9.89. The van der Waals surface area contributed by atoms with E-state index in [1.165, 1.54) is 30.4 Å². The molecule has 1 fully saturated rings. The second kappa shape index (κ2) is 9.93. The van der Waals surface area contributed by atoms with Gasteiger partial charge in [0.2, 0.25) is 0 Å². The quantitative estimate of drug-likeness (QED) is 0.491. The number of halogens is 4. The molecule has 0 aliphatic carbocycles. The number of hydrogen-bond acceptors (Lipinski definition) is 7. The molecule has 0 spiro atoms. The lowest BCUT2D eigenvalue weighted by Crippen LogP contribution is -2.49. The van der Waals surface area contributed by atoms with Gasteiger partial charge >= 0.3 is 6.18 Å². The van der Waals surface area contributed by atoms with E-state index in [1.807, 2.05) is 13.8 Å². The summed E-state index contributed by atoms with van der Waals surface area (Å²) in [5.74, 6) is -1.87. The van der Waals surface area contributed by atoms with Crippen molar-refractivity contribution < 1.29 is 27.5 Å². The number of fused-ring (bicyclic) bond motifs is 1. The van der Waals surface area contributed by atoms with Gasteiger partial charge in [-0.2, -0.15) is 13.2 Å². The van der Waals surface area contributed by atoms with Gasteiger partial charge in [-0.1, -0.05) is 13.8 Å². The zero-order valence-corrected chi connectivity index (χ0v) is 21.5. The largest absolute Gasteiger partial charge is 0.433 e. The highest BCUT2D eigenvalue weighted by Gasteiger charge is 2.38. The number of anilines is 1. The Kier molecular flexibility index (Phi) is 7.17.